The van der Waals surface area contributed by atoms with E-state index in [2.05, 4.69) is 85.3 Å². The van der Waals surface area contributed by atoms with E-state index in [-0.39, 0.29) is 0 Å². The van der Waals surface area contributed by atoms with E-state index in [9.17, 15) is 0 Å². The van der Waals surface area contributed by atoms with Gasteiger partial charge in [0, 0.05) is 23.8 Å². The molecular formula is C22H29N3. The van der Waals surface area contributed by atoms with Crippen molar-refractivity contribution in [1.82, 2.24) is 0 Å². The predicted octanol–water partition coefficient (Wildman–Crippen LogP) is 5.32. The monoisotopic (exact) mass is 335 g/mol. The van der Waals surface area contributed by atoms with E-state index < -0.39 is 0 Å². The van der Waals surface area contributed by atoms with Crippen LogP contribution in [0.15, 0.2) is 42.5 Å². The Labute approximate surface area is 151 Å². The van der Waals surface area contributed by atoms with E-state index in [1.807, 2.05) is 0 Å². The van der Waals surface area contributed by atoms with Crippen LogP contribution in [0.25, 0.3) is 0 Å². The second-order valence-corrected chi connectivity index (χ2v) is 7.66. The molecule has 2 aromatic carbocycles. The quantitative estimate of drug-likeness (QED) is 0.815. The fourth-order valence-electron chi connectivity index (χ4n) is 4.45. The van der Waals surface area contributed by atoms with Crippen molar-refractivity contribution < 1.29 is 0 Å². The SMILES string of the molecule is CCCCN1c2ccccc2NC2C1c1cc(C)ccc1N2C(C)C. The fourth-order valence-corrected chi connectivity index (χ4v) is 4.45. The summed E-state index contributed by atoms with van der Waals surface area (Å²) in [6.07, 6.45) is 2.74. The molecule has 3 nitrogen and oxygen atoms in total. The number of nitrogens with zero attached hydrogens (tertiary/aromatic N) is 2. The zero-order valence-corrected chi connectivity index (χ0v) is 15.8. The van der Waals surface area contributed by atoms with Crippen molar-refractivity contribution in [2.75, 3.05) is 21.7 Å². The Kier molecular flexibility index (Phi) is 4.10. The summed E-state index contributed by atoms with van der Waals surface area (Å²) in [5.41, 5.74) is 6.80. The molecule has 0 aliphatic carbocycles. The first kappa shape index (κ1) is 16.3. The lowest BCUT2D eigenvalue weighted by Crippen LogP contribution is -2.52. The lowest BCUT2D eigenvalue weighted by atomic mass is 9.99. The summed E-state index contributed by atoms with van der Waals surface area (Å²) in [5.74, 6) is 0. The number of fused-ring (bicyclic) bond motifs is 4. The van der Waals surface area contributed by atoms with E-state index in [1.54, 1.807) is 0 Å². The Balaban J connectivity index is 1.86. The van der Waals surface area contributed by atoms with Gasteiger partial charge in [0.25, 0.3) is 0 Å². The van der Waals surface area contributed by atoms with Gasteiger partial charge in [0.2, 0.25) is 0 Å². The second kappa shape index (κ2) is 6.29. The predicted molar refractivity (Wildman–Crippen MR) is 108 cm³/mol. The van der Waals surface area contributed by atoms with E-state index in [0.717, 1.165) is 6.54 Å². The van der Waals surface area contributed by atoms with Crippen LogP contribution in [0.5, 0.6) is 0 Å². The molecule has 25 heavy (non-hydrogen) atoms. The first-order chi connectivity index (χ1) is 12.1. The minimum atomic E-state index is 0.295. The summed E-state index contributed by atoms with van der Waals surface area (Å²) in [7, 11) is 0. The zero-order valence-electron chi connectivity index (χ0n) is 15.8. The summed E-state index contributed by atoms with van der Waals surface area (Å²) in [6, 6.07) is 16.6. The van der Waals surface area contributed by atoms with Crippen molar-refractivity contribution in [3.63, 3.8) is 0 Å². The minimum absolute atomic E-state index is 0.295. The molecule has 132 valence electrons. The molecule has 0 spiro atoms. The highest BCUT2D eigenvalue weighted by Crippen LogP contribution is 2.50. The molecule has 4 rings (SSSR count). The first-order valence-electron chi connectivity index (χ1n) is 9.63. The van der Waals surface area contributed by atoms with Gasteiger partial charge in [0.05, 0.1) is 17.4 Å². The molecule has 2 aliphatic heterocycles. The van der Waals surface area contributed by atoms with Gasteiger partial charge in [-0.1, -0.05) is 43.2 Å². The van der Waals surface area contributed by atoms with Gasteiger partial charge in [0.15, 0.2) is 0 Å². The molecule has 1 N–H and O–H groups in total. The number of para-hydroxylation sites is 2. The third kappa shape index (κ3) is 2.57. The Hall–Kier alpha value is -2.16. The number of unbranched alkanes of at least 4 members (excludes halogenated alkanes) is 1. The van der Waals surface area contributed by atoms with Gasteiger partial charge in [-0.05, 0) is 45.4 Å². The lowest BCUT2D eigenvalue weighted by Gasteiger charge is -2.45. The number of rotatable bonds is 4. The molecule has 2 aliphatic rings. The molecular weight excluding hydrogens is 306 g/mol. The van der Waals surface area contributed by atoms with Gasteiger partial charge in [-0.2, -0.15) is 0 Å². The average molecular weight is 335 g/mol. The summed E-state index contributed by atoms with van der Waals surface area (Å²) in [6.45, 7) is 10.2. The van der Waals surface area contributed by atoms with Gasteiger partial charge in [-0.15, -0.1) is 0 Å². The molecule has 0 bridgehead atoms. The normalized spacial score (nSPS) is 21.0. The van der Waals surface area contributed by atoms with Crippen LogP contribution in [0, 0.1) is 6.92 Å². The number of benzene rings is 2. The molecule has 2 unspecified atom stereocenters. The van der Waals surface area contributed by atoms with Crippen LogP contribution in [-0.2, 0) is 0 Å². The highest BCUT2D eigenvalue weighted by atomic mass is 15.4. The minimum Gasteiger partial charge on any atom is -0.362 e. The molecule has 2 aromatic rings. The van der Waals surface area contributed by atoms with Crippen molar-refractivity contribution in [2.45, 2.75) is 58.8 Å². The zero-order chi connectivity index (χ0) is 17.6. The number of aryl methyl sites for hydroxylation is 1. The molecule has 0 amide bonds. The van der Waals surface area contributed by atoms with E-state index in [0.29, 0.717) is 18.2 Å². The largest absolute Gasteiger partial charge is 0.362 e. The van der Waals surface area contributed by atoms with E-state index >= 15 is 0 Å². The number of anilines is 3. The van der Waals surface area contributed by atoms with Gasteiger partial charge >= 0.3 is 0 Å². The standard InChI is InChI=1S/C22H29N3/c1-5-6-13-24-20-10-8-7-9-18(20)23-22-21(24)17-14-16(4)11-12-19(17)25(22)15(2)3/h7-12,14-15,21-23H,5-6,13H2,1-4H3. The molecule has 0 radical (unpaired) electrons. The molecule has 2 atom stereocenters. The molecule has 3 heteroatoms. The topological polar surface area (TPSA) is 18.5 Å². The van der Waals surface area contributed by atoms with Crippen LogP contribution >= 0.6 is 0 Å². The Morgan fingerprint density at radius 3 is 2.64 bits per heavy atom. The van der Waals surface area contributed by atoms with Crippen LogP contribution < -0.4 is 15.1 Å². The number of hydrogen-bond donors (Lipinski definition) is 1. The van der Waals surface area contributed by atoms with Crippen LogP contribution in [0.4, 0.5) is 17.1 Å². The molecule has 0 fully saturated rings. The van der Waals surface area contributed by atoms with Crippen LogP contribution in [0.3, 0.4) is 0 Å². The van der Waals surface area contributed by atoms with Crippen LogP contribution in [0.2, 0.25) is 0 Å². The number of hydrogen-bond acceptors (Lipinski definition) is 3. The fraction of sp³-hybridized carbons (Fsp3) is 0.455. The van der Waals surface area contributed by atoms with Crippen molar-refractivity contribution in [2.24, 2.45) is 0 Å². The second-order valence-electron chi connectivity index (χ2n) is 7.66. The highest BCUT2D eigenvalue weighted by Gasteiger charge is 2.45. The van der Waals surface area contributed by atoms with E-state index in [1.165, 1.54) is 41.0 Å². The lowest BCUT2D eigenvalue weighted by molar-refractivity contribution is 0.494. The number of nitrogens with one attached hydrogen (secondary N) is 1. The third-order valence-electron chi connectivity index (χ3n) is 5.54. The Bertz CT molecular complexity index is 768. The maximum absolute atomic E-state index is 3.85. The Morgan fingerprint density at radius 2 is 1.88 bits per heavy atom. The molecule has 2 heterocycles. The summed E-state index contributed by atoms with van der Waals surface area (Å²) < 4.78 is 0. The van der Waals surface area contributed by atoms with Crippen LogP contribution in [-0.4, -0.2) is 18.8 Å². The maximum Gasteiger partial charge on any atom is 0.125 e. The third-order valence-corrected chi connectivity index (χ3v) is 5.54. The van der Waals surface area contributed by atoms with Crippen molar-refractivity contribution in [3.05, 3.63) is 53.6 Å². The van der Waals surface area contributed by atoms with Gasteiger partial charge in [0.1, 0.15) is 6.17 Å². The Morgan fingerprint density at radius 1 is 1.08 bits per heavy atom. The van der Waals surface area contributed by atoms with Crippen LogP contribution in [0.1, 0.15) is 50.8 Å². The molecule has 0 saturated heterocycles. The molecule has 0 saturated carbocycles. The average Bonchev–Trinajstić information content (AvgIpc) is 2.92. The van der Waals surface area contributed by atoms with Gasteiger partial charge in [-0.3, -0.25) is 0 Å². The summed E-state index contributed by atoms with van der Waals surface area (Å²) in [4.78, 5) is 5.20. The highest BCUT2D eigenvalue weighted by molar-refractivity contribution is 5.79. The summed E-state index contributed by atoms with van der Waals surface area (Å²) in [5, 5.41) is 3.85. The van der Waals surface area contributed by atoms with Crippen molar-refractivity contribution >= 4 is 17.1 Å². The summed E-state index contributed by atoms with van der Waals surface area (Å²) >= 11 is 0. The van der Waals surface area contributed by atoms with E-state index in [4.69, 9.17) is 0 Å². The van der Waals surface area contributed by atoms with Crippen molar-refractivity contribution in [3.8, 4) is 0 Å². The first-order valence-corrected chi connectivity index (χ1v) is 9.63. The maximum atomic E-state index is 3.85. The van der Waals surface area contributed by atoms with Gasteiger partial charge < -0.3 is 15.1 Å². The van der Waals surface area contributed by atoms with Crippen molar-refractivity contribution in [1.29, 1.82) is 0 Å². The van der Waals surface area contributed by atoms with Gasteiger partial charge in [-0.25, -0.2) is 0 Å². The molecule has 0 aromatic heterocycles. The smallest absolute Gasteiger partial charge is 0.125 e.